The molecule has 1 heterocycles. The van der Waals surface area contributed by atoms with Gasteiger partial charge in [-0.25, -0.2) is 4.98 Å². The third-order valence-corrected chi connectivity index (χ3v) is 3.08. The standard InChI is InChI=1S/C9H12N2OS/c1-7-9(13-6-10-7)5-11-12-8-3-2-4-8/h5-6,8H,2-4H2,1H3/b11-5+. The maximum absolute atomic E-state index is 5.25. The molecule has 1 aliphatic rings. The van der Waals surface area contributed by atoms with Gasteiger partial charge in [0.15, 0.2) is 0 Å². The first-order valence-corrected chi connectivity index (χ1v) is 5.33. The molecule has 0 bridgehead atoms. The molecule has 2 rings (SSSR count). The lowest BCUT2D eigenvalue weighted by Crippen LogP contribution is -2.18. The average molecular weight is 196 g/mol. The van der Waals surface area contributed by atoms with Crippen molar-refractivity contribution in [2.45, 2.75) is 32.3 Å². The summed E-state index contributed by atoms with van der Waals surface area (Å²) in [6, 6.07) is 0. The fourth-order valence-electron chi connectivity index (χ4n) is 1.08. The number of aromatic nitrogens is 1. The summed E-state index contributed by atoms with van der Waals surface area (Å²) >= 11 is 1.59. The Morgan fingerprint density at radius 1 is 1.69 bits per heavy atom. The van der Waals surface area contributed by atoms with E-state index in [4.69, 9.17) is 4.84 Å². The minimum absolute atomic E-state index is 0.365. The number of oxime groups is 1. The summed E-state index contributed by atoms with van der Waals surface area (Å²) in [4.78, 5) is 10.5. The van der Waals surface area contributed by atoms with Gasteiger partial charge in [-0.3, -0.25) is 0 Å². The van der Waals surface area contributed by atoms with Crippen molar-refractivity contribution < 1.29 is 4.84 Å². The van der Waals surface area contributed by atoms with E-state index in [1.54, 1.807) is 17.6 Å². The second kappa shape index (κ2) is 3.87. The lowest BCUT2D eigenvalue weighted by Gasteiger charge is -2.22. The minimum atomic E-state index is 0.365. The lowest BCUT2D eigenvalue weighted by atomic mass is 9.97. The van der Waals surface area contributed by atoms with Crippen molar-refractivity contribution in [3.8, 4) is 0 Å². The first-order chi connectivity index (χ1) is 6.36. The van der Waals surface area contributed by atoms with Crippen LogP contribution >= 0.6 is 11.3 Å². The Bertz CT molecular complexity index is 304. The summed E-state index contributed by atoms with van der Waals surface area (Å²) < 4.78 is 0. The van der Waals surface area contributed by atoms with Gasteiger partial charge in [-0.15, -0.1) is 11.3 Å². The molecule has 4 heteroatoms. The molecule has 1 aromatic heterocycles. The van der Waals surface area contributed by atoms with Crippen LogP contribution in [0, 0.1) is 6.92 Å². The van der Waals surface area contributed by atoms with Crippen LogP contribution in [0.2, 0.25) is 0 Å². The Hall–Kier alpha value is -0.900. The summed E-state index contributed by atoms with van der Waals surface area (Å²) in [5, 5.41) is 3.94. The molecule has 70 valence electrons. The molecule has 0 amide bonds. The number of hydrogen-bond donors (Lipinski definition) is 0. The monoisotopic (exact) mass is 196 g/mol. The summed E-state index contributed by atoms with van der Waals surface area (Å²) in [5.74, 6) is 0. The van der Waals surface area contributed by atoms with E-state index >= 15 is 0 Å². The largest absolute Gasteiger partial charge is 0.392 e. The molecule has 0 atom stereocenters. The first-order valence-electron chi connectivity index (χ1n) is 4.45. The maximum atomic E-state index is 5.25. The van der Waals surface area contributed by atoms with Gasteiger partial charge in [0.2, 0.25) is 0 Å². The van der Waals surface area contributed by atoms with Gasteiger partial charge >= 0.3 is 0 Å². The SMILES string of the molecule is Cc1ncsc1/C=N/OC1CCC1. The molecule has 0 N–H and O–H groups in total. The van der Waals surface area contributed by atoms with Gasteiger partial charge in [0, 0.05) is 0 Å². The van der Waals surface area contributed by atoms with Crippen LogP contribution in [0.15, 0.2) is 10.7 Å². The Morgan fingerprint density at radius 3 is 3.08 bits per heavy atom. The molecule has 1 saturated carbocycles. The topological polar surface area (TPSA) is 34.5 Å². The molecular formula is C9H12N2OS. The highest BCUT2D eigenvalue weighted by Gasteiger charge is 2.18. The third kappa shape index (κ3) is 2.06. The zero-order valence-corrected chi connectivity index (χ0v) is 8.38. The summed E-state index contributed by atoms with van der Waals surface area (Å²) in [5.41, 5.74) is 2.84. The zero-order valence-electron chi connectivity index (χ0n) is 7.56. The third-order valence-electron chi connectivity index (χ3n) is 2.21. The van der Waals surface area contributed by atoms with Crippen molar-refractivity contribution in [1.29, 1.82) is 0 Å². The number of rotatable bonds is 3. The molecule has 0 radical (unpaired) electrons. The molecular weight excluding hydrogens is 184 g/mol. The average Bonchev–Trinajstić information content (AvgIpc) is 2.42. The van der Waals surface area contributed by atoms with Crippen LogP contribution in [-0.2, 0) is 4.84 Å². The Kier molecular flexibility index (Phi) is 2.59. The van der Waals surface area contributed by atoms with Crippen molar-refractivity contribution in [2.75, 3.05) is 0 Å². The predicted octanol–water partition coefficient (Wildman–Crippen LogP) is 2.35. The van der Waals surface area contributed by atoms with Crippen molar-refractivity contribution in [1.82, 2.24) is 4.98 Å². The number of thiazole rings is 1. The predicted molar refractivity (Wildman–Crippen MR) is 53.2 cm³/mol. The molecule has 0 unspecified atom stereocenters. The van der Waals surface area contributed by atoms with Crippen LogP contribution in [0.25, 0.3) is 0 Å². The Labute approximate surface area is 81.4 Å². The van der Waals surface area contributed by atoms with Gasteiger partial charge < -0.3 is 4.84 Å². The van der Waals surface area contributed by atoms with Crippen LogP contribution in [0.3, 0.4) is 0 Å². The fraction of sp³-hybridized carbons (Fsp3) is 0.556. The summed E-state index contributed by atoms with van der Waals surface area (Å²) in [6.45, 7) is 1.97. The molecule has 3 nitrogen and oxygen atoms in total. The van der Waals surface area contributed by atoms with E-state index in [0.717, 1.165) is 23.4 Å². The van der Waals surface area contributed by atoms with Crippen molar-refractivity contribution in [3.63, 3.8) is 0 Å². The van der Waals surface area contributed by atoms with Gasteiger partial charge in [-0.05, 0) is 26.2 Å². The number of hydrogen-bond acceptors (Lipinski definition) is 4. The second-order valence-electron chi connectivity index (χ2n) is 3.19. The lowest BCUT2D eigenvalue weighted by molar-refractivity contribution is 0.00701. The van der Waals surface area contributed by atoms with Crippen LogP contribution < -0.4 is 0 Å². The molecule has 0 spiro atoms. The highest BCUT2D eigenvalue weighted by molar-refractivity contribution is 7.11. The van der Waals surface area contributed by atoms with E-state index in [1.165, 1.54) is 6.42 Å². The number of aryl methyl sites for hydroxylation is 1. The maximum Gasteiger partial charge on any atom is 0.127 e. The van der Waals surface area contributed by atoms with Gasteiger partial charge in [-0.1, -0.05) is 5.16 Å². The molecule has 0 saturated heterocycles. The quantitative estimate of drug-likeness (QED) is 0.549. The summed E-state index contributed by atoms with van der Waals surface area (Å²) in [7, 11) is 0. The van der Waals surface area contributed by atoms with E-state index < -0.39 is 0 Å². The van der Waals surface area contributed by atoms with Crippen LogP contribution in [0.4, 0.5) is 0 Å². The van der Waals surface area contributed by atoms with Gasteiger partial charge in [0.1, 0.15) is 6.10 Å². The van der Waals surface area contributed by atoms with Crippen LogP contribution in [0.1, 0.15) is 29.8 Å². The van der Waals surface area contributed by atoms with Crippen LogP contribution in [0.5, 0.6) is 0 Å². The fourth-order valence-corrected chi connectivity index (χ4v) is 1.73. The van der Waals surface area contributed by atoms with Gasteiger partial charge in [0.25, 0.3) is 0 Å². The van der Waals surface area contributed by atoms with E-state index in [-0.39, 0.29) is 0 Å². The normalized spacial score (nSPS) is 17.6. The highest BCUT2D eigenvalue weighted by Crippen LogP contribution is 2.22. The molecule has 0 aromatic carbocycles. The van der Waals surface area contributed by atoms with Crippen molar-refractivity contribution in [3.05, 3.63) is 16.1 Å². The van der Waals surface area contributed by atoms with E-state index in [2.05, 4.69) is 10.1 Å². The second-order valence-corrected chi connectivity index (χ2v) is 4.08. The Balaban J connectivity index is 1.86. The smallest absolute Gasteiger partial charge is 0.127 e. The van der Waals surface area contributed by atoms with Crippen molar-refractivity contribution in [2.24, 2.45) is 5.16 Å². The van der Waals surface area contributed by atoms with E-state index in [1.807, 2.05) is 12.4 Å². The molecule has 0 aliphatic heterocycles. The molecule has 1 aliphatic carbocycles. The van der Waals surface area contributed by atoms with Gasteiger partial charge in [0.05, 0.1) is 22.3 Å². The van der Waals surface area contributed by atoms with Crippen molar-refractivity contribution >= 4 is 17.6 Å². The molecule has 1 aromatic rings. The Morgan fingerprint density at radius 2 is 2.54 bits per heavy atom. The molecule has 1 fully saturated rings. The molecule has 13 heavy (non-hydrogen) atoms. The number of nitrogens with zero attached hydrogens (tertiary/aromatic N) is 2. The van der Waals surface area contributed by atoms with Gasteiger partial charge in [-0.2, -0.15) is 0 Å². The van der Waals surface area contributed by atoms with E-state index in [0.29, 0.717) is 6.10 Å². The summed E-state index contributed by atoms with van der Waals surface area (Å²) in [6.07, 6.45) is 5.70. The first kappa shape index (κ1) is 8.69. The minimum Gasteiger partial charge on any atom is -0.392 e. The van der Waals surface area contributed by atoms with E-state index in [9.17, 15) is 0 Å². The highest BCUT2D eigenvalue weighted by atomic mass is 32.1. The zero-order chi connectivity index (χ0) is 9.10. The van der Waals surface area contributed by atoms with Crippen LogP contribution in [-0.4, -0.2) is 17.3 Å².